The van der Waals surface area contributed by atoms with E-state index in [-0.39, 0.29) is 18.9 Å². The SMILES string of the molecule is COc1cc(OC)c(OC)cc1CNC(=O)Cc1coc(-c2ccccc2)n1. The largest absolute Gasteiger partial charge is 0.496 e. The summed E-state index contributed by atoms with van der Waals surface area (Å²) in [7, 11) is 4.68. The number of amides is 1. The van der Waals surface area contributed by atoms with E-state index in [1.165, 1.54) is 6.26 Å². The number of nitrogens with one attached hydrogen (secondary N) is 1. The van der Waals surface area contributed by atoms with E-state index < -0.39 is 0 Å². The summed E-state index contributed by atoms with van der Waals surface area (Å²) in [6, 6.07) is 13.0. The molecule has 0 aliphatic carbocycles. The van der Waals surface area contributed by atoms with Crippen molar-refractivity contribution in [3.8, 4) is 28.7 Å². The van der Waals surface area contributed by atoms with Crippen molar-refractivity contribution in [3.63, 3.8) is 0 Å². The molecule has 0 spiro atoms. The number of hydrogen-bond donors (Lipinski definition) is 1. The third-order valence-electron chi connectivity index (χ3n) is 4.18. The second kappa shape index (κ2) is 8.94. The molecule has 146 valence electrons. The molecular weight excluding hydrogens is 360 g/mol. The predicted octanol–water partition coefficient (Wildman–Crippen LogP) is 3.23. The van der Waals surface area contributed by atoms with Crippen molar-refractivity contribution in [2.24, 2.45) is 0 Å². The third kappa shape index (κ3) is 4.43. The lowest BCUT2D eigenvalue weighted by molar-refractivity contribution is -0.120. The molecule has 7 nitrogen and oxygen atoms in total. The van der Waals surface area contributed by atoms with E-state index >= 15 is 0 Å². The summed E-state index contributed by atoms with van der Waals surface area (Å²) >= 11 is 0. The van der Waals surface area contributed by atoms with Crippen molar-refractivity contribution in [1.29, 1.82) is 0 Å². The minimum absolute atomic E-state index is 0.117. The molecule has 1 heterocycles. The van der Waals surface area contributed by atoms with Gasteiger partial charge in [0.2, 0.25) is 11.8 Å². The average molecular weight is 382 g/mol. The van der Waals surface area contributed by atoms with Crippen LogP contribution in [0.5, 0.6) is 17.2 Å². The van der Waals surface area contributed by atoms with Crippen LogP contribution in [0.15, 0.2) is 53.1 Å². The summed E-state index contributed by atoms with van der Waals surface area (Å²) in [6.45, 7) is 0.283. The number of benzene rings is 2. The fraction of sp³-hybridized carbons (Fsp3) is 0.238. The number of ether oxygens (including phenoxy) is 3. The maximum absolute atomic E-state index is 12.3. The summed E-state index contributed by atoms with van der Waals surface area (Å²) < 4.78 is 21.4. The molecule has 0 bridgehead atoms. The van der Waals surface area contributed by atoms with Gasteiger partial charge in [-0.2, -0.15) is 0 Å². The average Bonchev–Trinajstić information content (AvgIpc) is 3.20. The maximum atomic E-state index is 12.3. The molecule has 2 aromatic carbocycles. The van der Waals surface area contributed by atoms with Crippen molar-refractivity contribution in [1.82, 2.24) is 10.3 Å². The highest BCUT2D eigenvalue weighted by Crippen LogP contribution is 2.34. The van der Waals surface area contributed by atoms with Crippen LogP contribution in [0.3, 0.4) is 0 Å². The molecule has 0 aliphatic heterocycles. The smallest absolute Gasteiger partial charge is 0.226 e. The molecular formula is C21H22N2O5. The minimum atomic E-state index is -0.176. The van der Waals surface area contributed by atoms with Gasteiger partial charge in [0.05, 0.1) is 33.4 Å². The van der Waals surface area contributed by atoms with E-state index in [1.54, 1.807) is 33.5 Å². The first-order valence-corrected chi connectivity index (χ1v) is 8.70. The Balaban J connectivity index is 1.64. The molecule has 1 amide bonds. The topological polar surface area (TPSA) is 82.8 Å². The molecule has 3 rings (SSSR count). The Bertz CT molecular complexity index is 937. The number of oxazole rings is 1. The molecule has 0 saturated carbocycles. The van der Waals surface area contributed by atoms with Gasteiger partial charge in [0.15, 0.2) is 11.5 Å². The number of aromatic nitrogens is 1. The highest BCUT2D eigenvalue weighted by atomic mass is 16.5. The van der Waals surface area contributed by atoms with Crippen LogP contribution in [0.25, 0.3) is 11.5 Å². The maximum Gasteiger partial charge on any atom is 0.226 e. The molecule has 7 heteroatoms. The summed E-state index contributed by atoms with van der Waals surface area (Å²) in [5.41, 5.74) is 2.21. The quantitative estimate of drug-likeness (QED) is 0.644. The number of hydrogen-bond acceptors (Lipinski definition) is 6. The first kappa shape index (κ1) is 19.3. The predicted molar refractivity (Wildman–Crippen MR) is 104 cm³/mol. The van der Waals surface area contributed by atoms with Crippen LogP contribution >= 0.6 is 0 Å². The number of nitrogens with zero attached hydrogens (tertiary/aromatic N) is 1. The van der Waals surface area contributed by atoms with Gasteiger partial charge in [-0.25, -0.2) is 4.98 Å². The molecule has 1 aromatic heterocycles. The molecule has 0 saturated heterocycles. The summed E-state index contributed by atoms with van der Waals surface area (Å²) in [5.74, 6) is 2.04. The molecule has 0 aliphatic rings. The monoisotopic (exact) mass is 382 g/mol. The lowest BCUT2D eigenvalue weighted by Crippen LogP contribution is -2.25. The van der Waals surface area contributed by atoms with E-state index in [0.717, 1.165) is 11.1 Å². The molecule has 28 heavy (non-hydrogen) atoms. The third-order valence-corrected chi connectivity index (χ3v) is 4.18. The number of rotatable bonds is 8. The van der Waals surface area contributed by atoms with Crippen LogP contribution in [-0.2, 0) is 17.8 Å². The molecule has 1 N–H and O–H groups in total. The second-order valence-electron chi connectivity index (χ2n) is 5.98. The van der Waals surface area contributed by atoms with Gasteiger partial charge in [-0.1, -0.05) is 18.2 Å². The number of methoxy groups -OCH3 is 3. The van der Waals surface area contributed by atoms with E-state index in [9.17, 15) is 4.79 Å². The summed E-state index contributed by atoms with van der Waals surface area (Å²) in [6.07, 6.45) is 1.62. The Kier molecular flexibility index (Phi) is 6.16. The molecule has 0 radical (unpaired) electrons. The Labute approximate surface area is 163 Å². The fourth-order valence-electron chi connectivity index (χ4n) is 2.75. The van der Waals surface area contributed by atoms with Gasteiger partial charge in [0, 0.05) is 23.7 Å². The van der Waals surface area contributed by atoms with E-state index in [0.29, 0.717) is 28.8 Å². The van der Waals surface area contributed by atoms with Crippen LogP contribution in [0.4, 0.5) is 0 Å². The van der Waals surface area contributed by atoms with Crippen molar-refractivity contribution in [3.05, 3.63) is 60.0 Å². The highest BCUT2D eigenvalue weighted by Gasteiger charge is 2.14. The Morgan fingerprint density at radius 1 is 1.00 bits per heavy atom. The Hall–Kier alpha value is -3.48. The van der Waals surface area contributed by atoms with Gasteiger partial charge in [-0.05, 0) is 18.2 Å². The van der Waals surface area contributed by atoms with Crippen molar-refractivity contribution >= 4 is 5.91 Å². The summed E-state index contributed by atoms with van der Waals surface area (Å²) in [4.78, 5) is 16.7. The lowest BCUT2D eigenvalue weighted by Gasteiger charge is -2.14. The first-order chi connectivity index (χ1) is 13.6. The highest BCUT2D eigenvalue weighted by molar-refractivity contribution is 5.78. The molecule has 3 aromatic rings. The fourth-order valence-corrected chi connectivity index (χ4v) is 2.75. The molecule has 0 fully saturated rings. The minimum Gasteiger partial charge on any atom is -0.496 e. The van der Waals surface area contributed by atoms with Gasteiger partial charge >= 0.3 is 0 Å². The van der Waals surface area contributed by atoms with Gasteiger partial charge < -0.3 is 23.9 Å². The van der Waals surface area contributed by atoms with E-state index in [2.05, 4.69) is 10.3 Å². The van der Waals surface area contributed by atoms with E-state index in [4.69, 9.17) is 18.6 Å². The second-order valence-corrected chi connectivity index (χ2v) is 5.98. The Morgan fingerprint density at radius 2 is 1.68 bits per heavy atom. The zero-order chi connectivity index (χ0) is 19.9. The molecule has 0 unspecified atom stereocenters. The molecule has 0 atom stereocenters. The standard InChI is InChI=1S/C21H22N2O5/c1-25-17-11-19(27-3)18(26-2)9-15(17)12-22-20(24)10-16-13-28-21(23-16)14-7-5-4-6-8-14/h4-9,11,13H,10,12H2,1-3H3,(H,22,24). The zero-order valence-electron chi connectivity index (χ0n) is 16.0. The number of carbonyl (C=O) groups is 1. The van der Waals surface area contributed by atoms with Gasteiger partial charge in [-0.3, -0.25) is 4.79 Å². The lowest BCUT2D eigenvalue weighted by atomic mass is 10.1. The summed E-state index contributed by atoms with van der Waals surface area (Å²) in [5, 5.41) is 2.86. The van der Waals surface area contributed by atoms with Crippen molar-refractivity contribution in [2.75, 3.05) is 21.3 Å². The van der Waals surface area contributed by atoms with Crippen LogP contribution in [0, 0.1) is 0 Å². The van der Waals surface area contributed by atoms with Crippen LogP contribution in [0.2, 0.25) is 0 Å². The van der Waals surface area contributed by atoms with Crippen molar-refractivity contribution < 1.29 is 23.4 Å². The van der Waals surface area contributed by atoms with Crippen LogP contribution < -0.4 is 19.5 Å². The van der Waals surface area contributed by atoms with Gasteiger partial charge in [0.25, 0.3) is 0 Å². The van der Waals surface area contributed by atoms with Gasteiger partial charge in [-0.15, -0.1) is 0 Å². The zero-order valence-corrected chi connectivity index (χ0v) is 16.0. The normalized spacial score (nSPS) is 10.4. The first-order valence-electron chi connectivity index (χ1n) is 8.70. The van der Waals surface area contributed by atoms with Crippen LogP contribution in [-0.4, -0.2) is 32.2 Å². The van der Waals surface area contributed by atoms with Crippen molar-refractivity contribution in [2.45, 2.75) is 13.0 Å². The van der Waals surface area contributed by atoms with Crippen LogP contribution in [0.1, 0.15) is 11.3 Å². The van der Waals surface area contributed by atoms with Gasteiger partial charge in [0.1, 0.15) is 12.0 Å². The Morgan fingerprint density at radius 3 is 2.36 bits per heavy atom. The van der Waals surface area contributed by atoms with E-state index in [1.807, 2.05) is 30.3 Å². The number of carbonyl (C=O) groups excluding carboxylic acids is 1.